The Labute approximate surface area is 157 Å². The van der Waals surface area contributed by atoms with Gasteiger partial charge in [0.1, 0.15) is 12.0 Å². The van der Waals surface area contributed by atoms with Crippen molar-refractivity contribution in [3.63, 3.8) is 0 Å². The Morgan fingerprint density at radius 2 is 2.04 bits per heavy atom. The summed E-state index contributed by atoms with van der Waals surface area (Å²) in [5.74, 6) is -0.643. The Kier molecular flexibility index (Phi) is 5.50. The average molecular weight is 375 g/mol. The number of aryl methyl sites for hydroxylation is 1. The molecule has 0 aliphatic carbocycles. The number of pyridine rings is 1. The monoisotopic (exact) mass is 375 g/mol. The van der Waals surface area contributed by atoms with Gasteiger partial charge in [0.15, 0.2) is 0 Å². The van der Waals surface area contributed by atoms with Crippen molar-refractivity contribution in [1.82, 2.24) is 15.4 Å². The number of hydrogen-bond acceptors (Lipinski definition) is 7. The molecular weight excluding hydrogens is 350 g/mol. The molecule has 27 heavy (non-hydrogen) atoms. The van der Waals surface area contributed by atoms with Gasteiger partial charge >= 0.3 is 5.97 Å². The first-order chi connectivity index (χ1) is 12.9. The van der Waals surface area contributed by atoms with E-state index < -0.39 is 18.1 Å². The number of aliphatic hydroxyl groups is 1. The first kappa shape index (κ1) is 19.3. The van der Waals surface area contributed by atoms with Crippen molar-refractivity contribution in [1.29, 1.82) is 0 Å². The van der Waals surface area contributed by atoms with Crippen LogP contribution in [0.2, 0.25) is 0 Å². The lowest BCUT2D eigenvalue weighted by atomic mass is 9.79. The van der Waals surface area contributed by atoms with Gasteiger partial charge in [-0.05, 0) is 30.5 Å². The third-order valence-corrected chi connectivity index (χ3v) is 5.34. The molecule has 2 heterocycles. The zero-order chi connectivity index (χ0) is 19.7. The average Bonchev–Trinajstić information content (AvgIpc) is 3.00. The van der Waals surface area contributed by atoms with E-state index in [1.807, 2.05) is 19.1 Å². The van der Waals surface area contributed by atoms with E-state index in [-0.39, 0.29) is 23.9 Å². The highest BCUT2D eigenvalue weighted by atomic mass is 16.5. The summed E-state index contributed by atoms with van der Waals surface area (Å²) in [6.07, 6.45) is -0.881. The van der Waals surface area contributed by atoms with Crippen LogP contribution in [0.25, 0.3) is 10.9 Å². The highest BCUT2D eigenvalue weighted by Crippen LogP contribution is 2.34. The van der Waals surface area contributed by atoms with Crippen LogP contribution < -0.4 is 21.1 Å². The van der Waals surface area contributed by atoms with Gasteiger partial charge < -0.3 is 19.1 Å². The number of aromatic nitrogens is 1. The number of nitrogens with one attached hydrogen (secondary N) is 2. The van der Waals surface area contributed by atoms with Crippen LogP contribution in [0.15, 0.2) is 29.1 Å². The number of esters is 1. The number of carbonyl (C=O) groups excluding carboxylic acids is 1. The normalized spacial score (nSPS) is 23.4. The van der Waals surface area contributed by atoms with Gasteiger partial charge in [0, 0.05) is 36.6 Å². The van der Waals surface area contributed by atoms with E-state index in [0.717, 1.165) is 10.9 Å². The molecule has 3 rings (SSSR count). The molecule has 1 aromatic heterocycles. The maximum atomic E-state index is 13.1. The number of benzene rings is 1. The smallest absolute Gasteiger partial charge is 0.306 e. The number of nitrogens with zero attached hydrogens (tertiary/aromatic N) is 1. The zero-order valence-electron chi connectivity index (χ0n) is 15.9. The fraction of sp³-hybridized carbons (Fsp3) is 0.474. The van der Waals surface area contributed by atoms with E-state index in [2.05, 4.69) is 10.9 Å². The summed E-state index contributed by atoms with van der Waals surface area (Å²) in [4.78, 5) is 25.2. The molecule has 4 atom stereocenters. The largest absolute Gasteiger partial charge is 0.497 e. The number of hydrazine groups is 1. The Morgan fingerprint density at radius 3 is 2.63 bits per heavy atom. The molecule has 8 nitrogen and oxygen atoms in total. The molecule has 1 saturated heterocycles. The second-order valence-electron chi connectivity index (χ2n) is 6.87. The molecule has 0 bridgehead atoms. The summed E-state index contributed by atoms with van der Waals surface area (Å²) < 4.78 is 11.6. The molecule has 146 valence electrons. The topological polar surface area (TPSA) is 102 Å². The molecule has 3 N–H and O–H groups in total. The SMILES string of the molecule is COC(=O)CC(c1cc2ccc(OC)cc2n(C)c1=O)C1C(C)NNC1O. The Balaban J connectivity index is 2.16. The second kappa shape index (κ2) is 7.67. The molecule has 0 amide bonds. The maximum absolute atomic E-state index is 13.1. The van der Waals surface area contributed by atoms with Crippen LogP contribution in [0.4, 0.5) is 0 Å². The van der Waals surface area contributed by atoms with E-state index in [4.69, 9.17) is 9.47 Å². The summed E-state index contributed by atoms with van der Waals surface area (Å²) in [7, 11) is 4.58. The number of fused-ring (bicyclic) bond motifs is 1. The van der Waals surface area contributed by atoms with Crippen molar-refractivity contribution in [2.45, 2.75) is 31.5 Å². The third kappa shape index (κ3) is 3.55. The molecule has 0 saturated carbocycles. The van der Waals surface area contributed by atoms with Gasteiger partial charge in [0.05, 0.1) is 26.2 Å². The van der Waals surface area contributed by atoms with E-state index in [1.165, 1.54) is 7.11 Å². The summed E-state index contributed by atoms with van der Waals surface area (Å²) >= 11 is 0. The molecule has 1 aliphatic rings. The van der Waals surface area contributed by atoms with Crippen LogP contribution in [0.1, 0.15) is 24.8 Å². The molecular formula is C19H25N3O5. The van der Waals surface area contributed by atoms with Crippen molar-refractivity contribution in [2.75, 3.05) is 14.2 Å². The van der Waals surface area contributed by atoms with Gasteiger partial charge in [-0.25, -0.2) is 5.43 Å². The molecule has 0 radical (unpaired) electrons. The summed E-state index contributed by atoms with van der Waals surface area (Å²) in [6.45, 7) is 1.90. The van der Waals surface area contributed by atoms with E-state index in [9.17, 15) is 14.7 Å². The number of carbonyl (C=O) groups is 1. The summed E-state index contributed by atoms with van der Waals surface area (Å²) in [6, 6.07) is 7.15. The van der Waals surface area contributed by atoms with Gasteiger partial charge in [-0.1, -0.05) is 0 Å². The predicted octanol–water partition coefficient (Wildman–Crippen LogP) is 0.625. The van der Waals surface area contributed by atoms with Crippen molar-refractivity contribution in [2.24, 2.45) is 13.0 Å². The number of aliphatic hydroxyl groups excluding tert-OH is 1. The van der Waals surface area contributed by atoms with Crippen LogP contribution >= 0.6 is 0 Å². The Morgan fingerprint density at radius 1 is 1.30 bits per heavy atom. The van der Waals surface area contributed by atoms with Gasteiger partial charge in [-0.15, -0.1) is 0 Å². The van der Waals surface area contributed by atoms with E-state index >= 15 is 0 Å². The maximum Gasteiger partial charge on any atom is 0.306 e. The van der Waals surface area contributed by atoms with Gasteiger partial charge in [0.2, 0.25) is 0 Å². The fourth-order valence-electron chi connectivity index (χ4n) is 3.83. The first-order valence-corrected chi connectivity index (χ1v) is 8.81. The Bertz CT molecular complexity index is 900. The summed E-state index contributed by atoms with van der Waals surface area (Å²) in [5, 5.41) is 11.2. The van der Waals surface area contributed by atoms with Crippen molar-refractivity contribution in [3.8, 4) is 5.75 Å². The van der Waals surface area contributed by atoms with Crippen molar-refractivity contribution >= 4 is 16.9 Å². The van der Waals surface area contributed by atoms with Crippen LogP contribution in [0.5, 0.6) is 5.75 Å². The summed E-state index contributed by atoms with van der Waals surface area (Å²) in [5.41, 5.74) is 6.74. The van der Waals surface area contributed by atoms with Crippen LogP contribution in [0.3, 0.4) is 0 Å². The van der Waals surface area contributed by atoms with Crippen molar-refractivity contribution in [3.05, 3.63) is 40.2 Å². The van der Waals surface area contributed by atoms with Gasteiger partial charge in [-0.3, -0.25) is 15.0 Å². The van der Waals surface area contributed by atoms with Crippen molar-refractivity contribution < 1.29 is 19.4 Å². The lowest BCUT2D eigenvalue weighted by molar-refractivity contribution is -0.141. The molecule has 4 unspecified atom stereocenters. The number of rotatable bonds is 5. The molecule has 1 fully saturated rings. The van der Waals surface area contributed by atoms with Crippen LogP contribution in [-0.2, 0) is 16.6 Å². The highest BCUT2D eigenvalue weighted by molar-refractivity contribution is 5.81. The highest BCUT2D eigenvalue weighted by Gasteiger charge is 2.41. The van der Waals surface area contributed by atoms with Gasteiger partial charge in [-0.2, -0.15) is 0 Å². The van der Waals surface area contributed by atoms with Crippen LogP contribution in [0, 0.1) is 5.92 Å². The minimum atomic E-state index is -0.883. The minimum Gasteiger partial charge on any atom is -0.497 e. The predicted molar refractivity (Wildman–Crippen MR) is 100 cm³/mol. The molecule has 0 spiro atoms. The first-order valence-electron chi connectivity index (χ1n) is 8.81. The number of hydrogen-bond donors (Lipinski definition) is 3. The third-order valence-electron chi connectivity index (χ3n) is 5.34. The standard InChI is InChI=1S/C19H25N3O5/c1-10-17(18(24)21-20-10)13(9-16(23)27-4)14-7-11-5-6-12(26-3)8-15(11)22(2)19(14)25/h5-8,10,13,17-18,20-21,24H,9H2,1-4H3. The molecule has 1 aliphatic heterocycles. The zero-order valence-corrected chi connectivity index (χ0v) is 15.9. The quantitative estimate of drug-likeness (QED) is 0.659. The van der Waals surface area contributed by atoms with E-state index in [0.29, 0.717) is 11.3 Å². The lowest BCUT2D eigenvalue weighted by Crippen LogP contribution is -2.36. The Hall–Kier alpha value is -2.42. The number of ether oxygens (including phenoxy) is 2. The second-order valence-corrected chi connectivity index (χ2v) is 6.87. The van der Waals surface area contributed by atoms with E-state index in [1.54, 1.807) is 30.9 Å². The minimum absolute atomic E-state index is 0.00281. The van der Waals surface area contributed by atoms with Gasteiger partial charge in [0.25, 0.3) is 5.56 Å². The molecule has 1 aromatic carbocycles. The molecule has 2 aromatic rings. The van der Waals surface area contributed by atoms with Crippen LogP contribution in [-0.4, -0.2) is 42.1 Å². The molecule has 8 heteroatoms. The number of methoxy groups -OCH3 is 2. The fourth-order valence-corrected chi connectivity index (χ4v) is 3.83. The lowest BCUT2D eigenvalue weighted by Gasteiger charge is -2.27.